The minimum atomic E-state index is -0.216. The Labute approximate surface area is 147 Å². The first kappa shape index (κ1) is 16.7. The number of para-hydroxylation sites is 1. The SMILES string of the molecule is CCc1ccc(NC(=O)c2ccc(Nc3ccccc3C)cn2)cc1. The first-order valence-electron chi connectivity index (χ1n) is 8.34. The molecular weight excluding hydrogens is 310 g/mol. The predicted molar refractivity (Wildman–Crippen MR) is 102 cm³/mol. The van der Waals surface area contributed by atoms with E-state index < -0.39 is 0 Å². The Kier molecular flexibility index (Phi) is 5.09. The summed E-state index contributed by atoms with van der Waals surface area (Å²) in [7, 11) is 0. The van der Waals surface area contributed by atoms with Crippen molar-refractivity contribution in [2.45, 2.75) is 20.3 Å². The van der Waals surface area contributed by atoms with Crippen LogP contribution in [0, 0.1) is 6.92 Å². The fraction of sp³-hybridized carbons (Fsp3) is 0.143. The van der Waals surface area contributed by atoms with Crippen LogP contribution in [0.25, 0.3) is 0 Å². The lowest BCUT2D eigenvalue weighted by Crippen LogP contribution is -2.13. The highest BCUT2D eigenvalue weighted by Gasteiger charge is 2.08. The third-order valence-electron chi connectivity index (χ3n) is 4.04. The van der Waals surface area contributed by atoms with Crippen LogP contribution in [0.15, 0.2) is 66.9 Å². The quantitative estimate of drug-likeness (QED) is 0.695. The molecule has 2 N–H and O–H groups in total. The number of amides is 1. The molecule has 0 aliphatic heterocycles. The van der Waals surface area contributed by atoms with Crippen LogP contribution < -0.4 is 10.6 Å². The standard InChI is InChI=1S/C21H21N3O/c1-3-16-8-10-17(11-9-16)24-21(25)20-13-12-18(14-22-20)23-19-7-5-4-6-15(19)2/h4-14,23H,3H2,1-2H3,(H,24,25). The van der Waals surface area contributed by atoms with Crippen LogP contribution in [0.2, 0.25) is 0 Å². The van der Waals surface area contributed by atoms with E-state index in [1.807, 2.05) is 61.5 Å². The summed E-state index contributed by atoms with van der Waals surface area (Å²) in [6.07, 6.45) is 2.65. The molecule has 0 saturated carbocycles. The van der Waals surface area contributed by atoms with Gasteiger partial charge in [-0.1, -0.05) is 37.3 Å². The zero-order valence-corrected chi connectivity index (χ0v) is 14.4. The number of nitrogens with zero attached hydrogens (tertiary/aromatic N) is 1. The van der Waals surface area contributed by atoms with Gasteiger partial charge in [0.25, 0.3) is 5.91 Å². The number of benzene rings is 2. The molecular formula is C21H21N3O. The second-order valence-electron chi connectivity index (χ2n) is 5.88. The predicted octanol–water partition coefficient (Wildman–Crippen LogP) is 4.95. The van der Waals surface area contributed by atoms with Gasteiger partial charge in [-0.3, -0.25) is 4.79 Å². The number of rotatable bonds is 5. The molecule has 0 radical (unpaired) electrons. The van der Waals surface area contributed by atoms with Gasteiger partial charge in [0, 0.05) is 11.4 Å². The molecule has 4 heteroatoms. The van der Waals surface area contributed by atoms with Gasteiger partial charge in [-0.2, -0.15) is 0 Å². The van der Waals surface area contributed by atoms with Crippen LogP contribution in [0.3, 0.4) is 0 Å². The molecule has 3 rings (SSSR count). The summed E-state index contributed by atoms with van der Waals surface area (Å²) < 4.78 is 0. The highest BCUT2D eigenvalue weighted by Crippen LogP contribution is 2.19. The van der Waals surface area contributed by atoms with Crippen LogP contribution in [-0.2, 0) is 6.42 Å². The van der Waals surface area contributed by atoms with Crippen molar-refractivity contribution >= 4 is 23.0 Å². The lowest BCUT2D eigenvalue weighted by molar-refractivity contribution is 0.102. The van der Waals surface area contributed by atoms with E-state index in [-0.39, 0.29) is 5.91 Å². The number of carbonyl (C=O) groups excluding carboxylic acids is 1. The van der Waals surface area contributed by atoms with Crippen LogP contribution in [-0.4, -0.2) is 10.9 Å². The molecule has 0 spiro atoms. The van der Waals surface area contributed by atoms with Gasteiger partial charge >= 0.3 is 0 Å². The zero-order valence-electron chi connectivity index (χ0n) is 14.4. The lowest BCUT2D eigenvalue weighted by atomic mass is 10.1. The normalized spacial score (nSPS) is 10.3. The number of hydrogen-bond acceptors (Lipinski definition) is 3. The monoisotopic (exact) mass is 331 g/mol. The number of hydrogen-bond donors (Lipinski definition) is 2. The van der Waals surface area contributed by atoms with E-state index >= 15 is 0 Å². The van der Waals surface area contributed by atoms with Gasteiger partial charge in [0.05, 0.1) is 11.9 Å². The number of anilines is 3. The minimum absolute atomic E-state index is 0.216. The van der Waals surface area contributed by atoms with Gasteiger partial charge in [0.1, 0.15) is 5.69 Å². The van der Waals surface area contributed by atoms with E-state index in [4.69, 9.17) is 0 Å². The Hall–Kier alpha value is -3.14. The van der Waals surface area contributed by atoms with Crippen molar-refractivity contribution in [3.8, 4) is 0 Å². The van der Waals surface area contributed by atoms with Crippen LogP contribution in [0.1, 0.15) is 28.5 Å². The molecule has 0 fully saturated rings. The van der Waals surface area contributed by atoms with Gasteiger partial charge in [0.15, 0.2) is 0 Å². The molecule has 4 nitrogen and oxygen atoms in total. The maximum Gasteiger partial charge on any atom is 0.274 e. The summed E-state index contributed by atoms with van der Waals surface area (Å²) in [6.45, 7) is 4.14. The average Bonchev–Trinajstić information content (AvgIpc) is 2.65. The third kappa shape index (κ3) is 4.23. The summed E-state index contributed by atoms with van der Waals surface area (Å²) in [6, 6.07) is 19.4. The molecule has 0 bridgehead atoms. The smallest absolute Gasteiger partial charge is 0.274 e. The van der Waals surface area contributed by atoms with E-state index in [0.717, 1.165) is 29.0 Å². The fourth-order valence-electron chi connectivity index (χ4n) is 2.49. The summed E-state index contributed by atoms with van der Waals surface area (Å²) in [5.41, 5.74) is 5.42. The third-order valence-corrected chi connectivity index (χ3v) is 4.04. The minimum Gasteiger partial charge on any atom is -0.354 e. The topological polar surface area (TPSA) is 54.0 Å². The highest BCUT2D eigenvalue weighted by atomic mass is 16.1. The summed E-state index contributed by atoms with van der Waals surface area (Å²) in [5.74, 6) is -0.216. The summed E-state index contributed by atoms with van der Waals surface area (Å²) >= 11 is 0. The van der Waals surface area contributed by atoms with Crippen LogP contribution in [0.4, 0.5) is 17.1 Å². The van der Waals surface area contributed by atoms with Crippen molar-refractivity contribution in [3.63, 3.8) is 0 Å². The van der Waals surface area contributed by atoms with Gasteiger partial charge in [-0.15, -0.1) is 0 Å². The Morgan fingerprint density at radius 2 is 1.68 bits per heavy atom. The molecule has 126 valence electrons. The van der Waals surface area contributed by atoms with Crippen molar-refractivity contribution in [2.75, 3.05) is 10.6 Å². The molecule has 1 aromatic heterocycles. The van der Waals surface area contributed by atoms with E-state index in [1.165, 1.54) is 5.56 Å². The van der Waals surface area contributed by atoms with E-state index in [2.05, 4.69) is 22.5 Å². The van der Waals surface area contributed by atoms with Crippen LogP contribution >= 0.6 is 0 Å². The van der Waals surface area contributed by atoms with Crippen molar-refractivity contribution in [1.29, 1.82) is 0 Å². The van der Waals surface area contributed by atoms with Crippen molar-refractivity contribution < 1.29 is 4.79 Å². The molecule has 0 aliphatic rings. The van der Waals surface area contributed by atoms with Gasteiger partial charge in [-0.05, 0) is 54.8 Å². The van der Waals surface area contributed by atoms with E-state index in [1.54, 1.807) is 12.3 Å². The molecule has 0 saturated heterocycles. The molecule has 3 aromatic rings. The number of pyridine rings is 1. The fourth-order valence-corrected chi connectivity index (χ4v) is 2.49. The lowest BCUT2D eigenvalue weighted by Gasteiger charge is -2.10. The average molecular weight is 331 g/mol. The Morgan fingerprint density at radius 3 is 2.32 bits per heavy atom. The number of aryl methyl sites for hydroxylation is 2. The molecule has 0 aliphatic carbocycles. The van der Waals surface area contributed by atoms with Crippen LogP contribution in [0.5, 0.6) is 0 Å². The number of nitrogens with one attached hydrogen (secondary N) is 2. The van der Waals surface area contributed by atoms with E-state index in [9.17, 15) is 4.79 Å². The Morgan fingerprint density at radius 1 is 0.960 bits per heavy atom. The molecule has 0 atom stereocenters. The van der Waals surface area contributed by atoms with E-state index in [0.29, 0.717) is 5.69 Å². The molecule has 0 unspecified atom stereocenters. The maximum atomic E-state index is 12.3. The first-order chi connectivity index (χ1) is 12.2. The number of aromatic nitrogens is 1. The van der Waals surface area contributed by atoms with Gasteiger partial charge in [-0.25, -0.2) is 4.98 Å². The molecule has 2 aromatic carbocycles. The highest BCUT2D eigenvalue weighted by molar-refractivity contribution is 6.02. The first-order valence-corrected chi connectivity index (χ1v) is 8.34. The Bertz CT molecular complexity index is 855. The largest absolute Gasteiger partial charge is 0.354 e. The van der Waals surface area contributed by atoms with Crippen molar-refractivity contribution in [2.24, 2.45) is 0 Å². The summed E-state index contributed by atoms with van der Waals surface area (Å²) in [4.78, 5) is 16.6. The summed E-state index contributed by atoms with van der Waals surface area (Å²) in [5, 5.41) is 6.17. The second kappa shape index (κ2) is 7.62. The molecule has 1 heterocycles. The maximum absolute atomic E-state index is 12.3. The van der Waals surface area contributed by atoms with Gasteiger partial charge in [0.2, 0.25) is 0 Å². The number of carbonyl (C=O) groups is 1. The van der Waals surface area contributed by atoms with Crippen molar-refractivity contribution in [3.05, 3.63) is 83.7 Å². The van der Waals surface area contributed by atoms with Gasteiger partial charge < -0.3 is 10.6 Å². The van der Waals surface area contributed by atoms with Crippen molar-refractivity contribution in [1.82, 2.24) is 4.98 Å². The molecule has 25 heavy (non-hydrogen) atoms. The second-order valence-corrected chi connectivity index (χ2v) is 5.88. The molecule has 1 amide bonds. The zero-order chi connectivity index (χ0) is 17.6. The Balaban J connectivity index is 1.66.